The SMILES string of the molecule is c1ccc(-c2ccc(N(c3ccc4oc5cc6c(cc5c4c3)-c3ccccc3C6(c3ccccc3)c3ccccc3)c3ccccc3-c3ccccc3)cc2)cc1. The first-order valence-electron chi connectivity index (χ1n) is 19.6. The normalized spacial score (nSPS) is 12.7. The van der Waals surface area contributed by atoms with E-state index in [0.717, 1.165) is 44.6 Å². The molecule has 0 unspecified atom stereocenters. The van der Waals surface area contributed by atoms with Gasteiger partial charge in [0.15, 0.2) is 0 Å². The number of rotatable bonds is 7. The van der Waals surface area contributed by atoms with E-state index in [2.05, 4.69) is 229 Å². The third kappa shape index (κ3) is 5.26. The number of benzene rings is 9. The zero-order valence-electron chi connectivity index (χ0n) is 31.2. The summed E-state index contributed by atoms with van der Waals surface area (Å²) in [5, 5.41) is 2.19. The van der Waals surface area contributed by atoms with Crippen LogP contribution in [0.15, 0.2) is 229 Å². The van der Waals surface area contributed by atoms with Gasteiger partial charge in [0.1, 0.15) is 11.2 Å². The fourth-order valence-electron chi connectivity index (χ4n) is 9.23. The third-order valence-corrected chi connectivity index (χ3v) is 11.8. The minimum Gasteiger partial charge on any atom is -0.456 e. The third-order valence-electron chi connectivity index (χ3n) is 11.8. The molecule has 10 aromatic rings. The molecule has 57 heavy (non-hydrogen) atoms. The molecular weight excluding hydrogens is 691 g/mol. The number of hydrogen-bond acceptors (Lipinski definition) is 2. The van der Waals surface area contributed by atoms with E-state index in [9.17, 15) is 0 Å². The summed E-state index contributed by atoms with van der Waals surface area (Å²) in [5.41, 5.74) is 16.7. The van der Waals surface area contributed by atoms with Crippen LogP contribution in [0.2, 0.25) is 0 Å². The number of nitrogens with zero attached hydrogens (tertiary/aromatic N) is 1. The molecule has 2 nitrogen and oxygen atoms in total. The number of furan rings is 1. The molecule has 0 saturated carbocycles. The Hall–Kier alpha value is -7.42. The van der Waals surface area contributed by atoms with Gasteiger partial charge in [-0.2, -0.15) is 0 Å². The van der Waals surface area contributed by atoms with E-state index in [1.807, 2.05) is 0 Å². The Kier molecular flexibility index (Phi) is 7.75. The Bertz CT molecular complexity index is 3000. The van der Waals surface area contributed by atoms with Crippen molar-refractivity contribution in [1.29, 1.82) is 0 Å². The Morgan fingerprint density at radius 1 is 0.333 bits per heavy atom. The average molecular weight is 728 g/mol. The lowest BCUT2D eigenvalue weighted by Gasteiger charge is -2.33. The van der Waals surface area contributed by atoms with Gasteiger partial charge in [0.2, 0.25) is 0 Å². The first-order valence-corrected chi connectivity index (χ1v) is 19.6. The Balaban J connectivity index is 1.13. The summed E-state index contributed by atoms with van der Waals surface area (Å²) >= 11 is 0. The van der Waals surface area contributed by atoms with Gasteiger partial charge < -0.3 is 9.32 Å². The molecule has 268 valence electrons. The van der Waals surface area contributed by atoms with Gasteiger partial charge in [0.25, 0.3) is 0 Å². The largest absolute Gasteiger partial charge is 0.456 e. The summed E-state index contributed by atoms with van der Waals surface area (Å²) < 4.78 is 6.83. The smallest absolute Gasteiger partial charge is 0.135 e. The highest BCUT2D eigenvalue weighted by Crippen LogP contribution is 2.57. The number of fused-ring (bicyclic) bond motifs is 6. The summed E-state index contributed by atoms with van der Waals surface area (Å²) in [7, 11) is 0. The highest BCUT2D eigenvalue weighted by Gasteiger charge is 2.46. The van der Waals surface area contributed by atoms with Crippen molar-refractivity contribution in [3.05, 3.63) is 247 Å². The van der Waals surface area contributed by atoms with Crippen molar-refractivity contribution < 1.29 is 4.42 Å². The Morgan fingerprint density at radius 2 is 0.860 bits per heavy atom. The van der Waals surface area contributed by atoms with Crippen molar-refractivity contribution in [2.75, 3.05) is 4.90 Å². The quantitative estimate of drug-likeness (QED) is 0.163. The number of anilines is 3. The second-order valence-electron chi connectivity index (χ2n) is 14.8. The first kappa shape index (κ1) is 33.0. The summed E-state index contributed by atoms with van der Waals surface area (Å²) in [6.07, 6.45) is 0. The predicted molar refractivity (Wildman–Crippen MR) is 237 cm³/mol. The van der Waals surface area contributed by atoms with Gasteiger partial charge in [0, 0.05) is 27.7 Å². The van der Waals surface area contributed by atoms with Crippen LogP contribution >= 0.6 is 0 Å². The van der Waals surface area contributed by atoms with Gasteiger partial charge in [-0.05, 0) is 98.6 Å². The molecule has 1 aliphatic carbocycles. The maximum Gasteiger partial charge on any atom is 0.135 e. The molecule has 0 amide bonds. The highest BCUT2D eigenvalue weighted by atomic mass is 16.3. The van der Waals surface area contributed by atoms with E-state index in [4.69, 9.17) is 4.42 Å². The summed E-state index contributed by atoms with van der Waals surface area (Å²) in [4.78, 5) is 2.38. The van der Waals surface area contributed by atoms with E-state index in [1.54, 1.807) is 0 Å². The zero-order valence-corrected chi connectivity index (χ0v) is 31.2. The Labute approximate surface area is 332 Å². The monoisotopic (exact) mass is 727 g/mol. The lowest BCUT2D eigenvalue weighted by Crippen LogP contribution is -2.28. The molecule has 0 saturated heterocycles. The van der Waals surface area contributed by atoms with Gasteiger partial charge in [-0.25, -0.2) is 0 Å². The van der Waals surface area contributed by atoms with E-state index in [1.165, 1.54) is 50.1 Å². The summed E-state index contributed by atoms with van der Waals surface area (Å²) in [5.74, 6) is 0. The minimum atomic E-state index is -0.489. The minimum absolute atomic E-state index is 0.489. The standard InChI is InChI=1S/C55H37NO/c1-5-17-38(18-6-1)39-29-31-43(32-30-39)56(52-28-16-14-25-45(52)40-19-7-2-8-20-40)44-33-34-53-48(35-44)49-36-47-46-26-13-15-27-50(46)55(41-21-9-3-10-22-41,42-23-11-4-12-24-42)51(47)37-54(49)57-53/h1-37H. The van der Waals surface area contributed by atoms with Crippen molar-refractivity contribution in [3.8, 4) is 33.4 Å². The van der Waals surface area contributed by atoms with Crippen molar-refractivity contribution in [1.82, 2.24) is 0 Å². The van der Waals surface area contributed by atoms with Crippen LogP contribution in [0.1, 0.15) is 22.3 Å². The number of hydrogen-bond donors (Lipinski definition) is 0. The predicted octanol–water partition coefficient (Wildman–Crippen LogP) is 14.8. The molecule has 2 heteroatoms. The van der Waals surface area contributed by atoms with E-state index in [-0.39, 0.29) is 0 Å². The fraction of sp³-hybridized carbons (Fsp3) is 0.0182. The summed E-state index contributed by atoms with van der Waals surface area (Å²) in [6, 6.07) is 81.0. The molecular formula is C55H37NO. The lowest BCUT2D eigenvalue weighted by atomic mass is 9.67. The molecule has 0 radical (unpaired) electrons. The molecule has 0 bridgehead atoms. The van der Waals surface area contributed by atoms with Gasteiger partial charge >= 0.3 is 0 Å². The molecule has 9 aromatic carbocycles. The topological polar surface area (TPSA) is 16.4 Å². The van der Waals surface area contributed by atoms with Gasteiger partial charge in [0.05, 0.1) is 11.1 Å². The second kappa shape index (κ2) is 13.4. The molecule has 1 aromatic heterocycles. The lowest BCUT2D eigenvalue weighted by molar-refractivity contribution is 0.666. The van der Waals surface area contributed by atoms with Crippen LogP contribution in [-0.4, -0.2) is 0 Å². The molecule has 0 aliphatic heterocycles. The number of para-hydroxylation sites is 1. The second-order valence-corrected chi connectivity index (χ2v) is 14.8. The van der Waals surface area contributed by atoms with Crippen molar-refractivity contribution in [2.24, 2.45) is 0 Å². The molecule has 1 aliphatic rings. The molecule has 0 fully saturated rings. The Morgan fingerprint density at radius 3 is 1.54 bits per heavy atom. The van der Waals surface area contributed by atoms with Crippen molar-refractivity contribution >= 4 is 39.0 Å². The first-order chi connectivity index (χ1) is 28.3. The van der Waals surface area contributed by atoms with E-state index >= 15 is 0 Å². The molecule has 0 spiro atoms. The average Bonchev–Trinajstić information content (AvgIpc) is 3.80. The van der Waals surface area contributed by atoms with Gasteiger partial charge in [-0.3, -0.25) is 0 Å². The van der Waals surface area contributed by atoms with E-state index in [0.29, 0.717) is 0 Å². The van der Waals surface area contributed by atoms with Crippen LogP contribution in [0.5, 0.6) is 0 Å². The molecule has 11 rings (SSSR count). The van der Waals surface area contributed by atoms with Crippen LogP contribution in [-0.2, 0) is 5.41 Å². The van der Waals surface area contributed by atoms with Crippen LogP contribution in [0.4, 0.5) is 17.1 Å². The molecule has 1 heterocycles. The molecule has 0 N–H and O–H groups in total. The van der Waals surface area contributed by atoms with Gasteiger partial charge in [-0.15, -0.1) is 0 Å². The van der Waals surface area contributed by atoms with Crippen molar-refractivity contribution in [2.45, 2.75) is 5.41 Å². The van der Waals surface area contributed by atoms with Crippen LogP contribution in [0, 0.1) is 0 Å². The summed E-state index contributed by atoms with van der Waals surface area (Å²) in [6.45, 7) is 0. The van der Waals surface area contributed by atoms with Crippen LogP contribution < -0.4 is 4.90 Å². The molecule has 0 atom stereocenters. The zero-order chi connectivity index (χ0) is 37.8. The fourth-order valence-corrected chi connectivity index (χ4v) is 9.23. The van der Waals surface area contributed by atoms with Gasteiger partial charge in [-0.1, -0.05) is 176 Å². The maximum atomic E-state index is 6.83. The van der Waals surface area contributed by atoms with Crippen LogP contribution in [0.3, 0.4) is 0 Å². The van der Waals surface area contributed by atoms with Crippen LogP contribution in [0.25, 0.3) is 55.3 Å². The highest BCUT2D eigenvalue weighted by molar-refractivity contribution is 6.10. The maximum absolute atomic E-state index is 6.83. The van der Waals surface area contributed by atoms with E-state index < -0.39 is 5.41 Å². The van der Waals surface area contributed by atoms with Crippen molar-refractivity contribution in [3.63, 3.8) is 0 Å².